The number of esters is 1. The third kappa shape index (κ3) is 5.14. The lowest BCUT2D eigenvalue weighted by molar-refractivity contribution is -0.152. The summed E-state index contributed by atoms with van der Waals surface area (Å²) in [4.78, 5) is 24.3. The summed E-state index contributed by atoms with van der Waals surface area (Å²) in [6.45, 7) is 0.0748. The predicted molar refractivity (Wildman–Crippen MR) is 108 cm³/mol. The number of thiophene rings is 1. The molecule has 0 radical (unpaired) electrons. The Hall–Kier alpha value is -2.43. The summed E-state index contributed by atoms with van der Waals surface area (Å²) in [6, 6.07) is 10.2. The molecule has 1 aliphatic heterocycles. The van der Waals surface area contributed by atoms with Crippen LogP contribution in [-0.4, -0.2) is 51.4 Å². The Morgan fingerprint density at radius 1 is 1.17 bits per heavy atom. The van der Waals surface area contributed by atoms with Gasteiger partial charge in [0.25, 0.3) is 15.9 Å². The molecule has 1 saturated heterocycles. The summed E-state index contributed by atoms with van der Waals surface area (Å²) in [5.41, 5.74) is 0.489. The number of benzene rings is 1. The lowest BCUT2D eigenvalue weighted by Crippen LogP contribution is -2.40. The number of nitrogens with one attached hydrogen (secondary N) is 1. The number of carbonyl (C=O) groups is 2. The zero-order chi connectivity index (χ0) is 20.9. The summed E-state index contributed by atoms with van der Waals surface area (Å²) in [6.07, 6.45) is 0.717. The number of piperidine rings is 1. The van der Waals surface area contributed by atoms with Crippen molar-refractivity contribution in [2.45, 2.75) is 17.1 Å². The Kier molecular flexibility index (Phi) is 6.88. The van der Waals surface area contributed by atoms with Crippen LogP contribution in [0.2, 0.25) is 0 Å². The Labute approximate surface area is 173 Å². The van der Waals surface area contributed by atoms with E-state index < -0.39 is 34.4 Å². The van der Waals surface area contributed by atoms with Crippen LogP contribution in [0, 0.1) is 5.92 Å². The zero-order valence-electron chi connectivity index (χ0n) is 15.9. The molecule has 2 heterocycles. The molecule has 2 aromatic rings. The van der Waals surface area contributed by atoms with Crippen molar-refractivity contribution >= 4 is 38.9 Å². The highest BCUT2D eigenvalue weighted by Crippen LogP contribution is 2.27. The van der Waals surface area contributed by atoms with Gasteiger partial charge in [0, 0.05) is 13.1 Å². The summed E-state index contributed by atoms with van der Waals surface area (Å²) in [5, 5.41) is 4.35. The molecule has 1 aromatic carbocycles. The molecule has 0 spiro atoms. The quantitative estimate of drug-likeness (QED) is 0.666. The summed E-state index contributed by atoms with van der Waals surface area (Å²) in [7, 11) is -2.01. The van der Waals surface area contributed by atoms with Gasteiger partial charge >= 0.3 is 5.97 Å². The predicted octanol–water partition coefficient (Wildman–Crippen LogP) is 2.34. The van der Waals surface area contributed by atoms with Crippen LogP contribution in [0.25, 0.3) is 0 Å². The molecule has 0 atom stereocenters. The molecular weight excluding hydrogens is 416 g/mol. The van der Waals surface area contributed by atoms with Crippen LogP contribution in [-0.2, 0) is 24.3 Å². The third-order valence-electron chi connectivity index (χ3n) is 4.60. The molecule has 10 heteroatoms. The zero-order valence-corrected chi connectivity index (χ0v) is 17.5. The van der Waals surface area contributed by atoms with Gasteiger partial charge in [0.2, 0.25) is 0 Å². The molecule has 1 aromatic heterocycles. The van der Waals surface area contributed by atoms with Crippen LogP contribution in [0.5, 0.6) is 5.75 Å². The van der Waals surface area contributed by atoms with Gasteiger partial charge in [-0.15, -0.1) is 11.3 Å². The molecule has 0 unspecified atom stereocenters. The molecule has 1 fully saturated rings. The Balaban J connectivity index is 1.47. The van der Waals surface area contributed by atoms with Gasteiger partial charge in [-0.2, -0.15) is 4.31 Å². The number of hydrogen-bond acceptors (Lipinski definition) is 7. The number of anilines is 1. The van der Waals surface area contributed by atoms with E-state index in [1.807, 2.05) is 0 Å². The number of hydrogen-bond donors (Lipinski definition) is 1. The molecule has 1 aliphatic rings. The van der Waals surface area contributed by atoms with Crippen molar-refractivity contribution in [2.24, 2.45) is 5.92 Å². The average Bonchev–Trinajstić information content (AvgIpc) is 3.28. The molecule has 3 rings (SSSR count). The van der Waals surface area contributed by atoms with E-state index in [1.165, 1.54) is 22.8 Å². The number of rotatable bonds is 7. The lowest BCUT2D eigenvalue weighted by Gasteiger charge is -2.29. The van der Waals surface area contributed by atoms with Crippen LogP contribution in [0.3, 0.4) is 0 Å². The van der Waals surface area contributed by atoms with Gasteiger partial charge in [0.15, 0.2) is 6.61 Å². The first-order valence-corrected chi connectivity index (χ1v) is 11.4. The molecule has 29 heavy (non-hydrogen) atoms. The van der Waals surface area contributed by atoms with Gasteiger partial charge in [-0.05, 0) is 36.4 Å². The van der Waals surface area contributed by atoms with Crippen molar-refractivity contribution < 1.29 is 27.5 Å². The van der Waals surface area contributed by atoms with Crippen molar-refractivity contribution in [3.8, 4) is 5.75 Å². The highest BCUT2D eigenvalue weighted by molar-refractivity contribution is 7.91. The average molecular weight is 439 g/mol. The largest absolute Gasteiger partial charge is 0.495 e. The van der Waals surface area contributed by atoms with E-state index in [9.17, 15) is 18.0 Å². The standard InChI is InChI=1S/C19H22N2O6S2/c1-26-16-6-3-2-5-15(16)20-17(22)13-27-19(23)14-8-10-21(11-9-14)29(24,25)18-7-4-12-28-18/h2-7,12,14H,8-11,13H2,1H3,(H,20,22). The fourth-order valence-electron chi connectivity index (χ4n) is 3.06. The van der Waals surface area contributed by atoms with Gasteiger partial charge < -0.3 is 14.8 Å². The maximum absolute atomic E-state index is 12.5. The minimum Gasteiger partial charge on any atom is -0.495 e. The van der Waals surface area contributed by atoms with E-state index in [0.29, 0.717) is 28.5 Å². The van der Waals surface area contributed by atoms with Crippen LogP contribution in [0.4, 0.5) is 5.69 Å². The molecule has 1 amide bonds. The van der Waals surface area contributed by atoms with Gasteiger partial charge in [0.05, 0.1) is 18.7 Å². The van der Waals surface area contributed by atoms with Crippen LogP contribution < -0.4 is 10.1 Å². The molecule has 0 saturated carbocycles. The van der Waals surface area contributed by atoms with E-state index in [0.717, 1.165) is 0 Å². The SMILES string of the molecule is COc1ccccc1NC(=O)COC(=O)C1CCN(S(=O)(=O)c2cccs2)CC1. The van der Waals surface area contributed by atoms with Crippen molar-refractivity contribution in [1.82, 2.24) is 4.31 Å². The van der Waals surface area contributed by atoms with E-state index >= 15 is 0 Å². The van der Waals surface area contributed by atoms with Crippen LogP contribution >= 0.6 is 11.3 Å². The fraction of sp³-hybridized carbons (Fsp3) is 0.368. The lowest BCUT2D eigenvalue weighted by atomic mass is 9.98. The topological polar surface area (TPSA) is 102 Å². The second kappa shape index (κ2) is 9.38. The normalized spacial score (nSPS) is 15.6. The van der Waals surface area contributed by atoms with Crippen molar-refractivity contribution in [3.05, 3.63) is 41.8 Å². The number of para-hydroxylation sites is 2. The first-order valence-electron chi connectivity index (χ1n) is 9.05. The number of nitrogens with zero attached hydrogens (tertiary/aromatic N) is 1. The van der Waals surface area contributed by atoms with Crippen molar-refractivity contribution in [1.29, 1.82) is 0 Å². The number of ether oxygens (including phenoxy) is 2. The Bertz CT molecular complexity index is 951. The second-order valence-corrected chi connectivity index (χ2v) is 9.58. The minimum atomic E-state index is -3.51. The van der Waals surface area contributed by atoms with Gasteiger partial charge in [0.1, 0.15) is 9.96 Å². The molecule has 0 bridgehead atoms. The highest BCUT2D eigenvalue weighted by atomic mass is 32.2. The van der Waals surface area contributed by atoms with E-state index in [2.05, 4.69) is 5.32 Å². The Morgan fingerprint density at radius 2 is 1.90 bits per heavy atom. The maximum Gasteiger partial charge on any atom is 0.309 e. The van der Waals surface area contributed by atoms with Crippen LogP contribution in [0.15, 0.2) is 46.0 Å². The molecule has 156 valence electrons. The third-order valence-corrected chi connectivity index (χ3v) is 7.87. The summed E-state index contributed by atoms with van der Waals surface area (Å²) >= 11 is 1.17. The van der Waals surface area contributed by atoms with E-state index in [4.69, 9.17) is 9.47 Å². The fourth-order valence-corrected chi connectivity index (χ4v) is 5.67. The summed E-state index contributed by atoms with van der Waals surface area (Å²) < 4.78 is 37.0. The number of methoxy groups -OCH3 is 1. The van der Waals surface area contributed by atoms with E-state index in [1.54, 1.807) is 41.8 Å². The van der Waals surface area contributed by atoms with Gasteiger partial charge in [-0.1, -0.05) is 18.2 Å². The molecule has 1 N–H and O–H groups in total. The first kappa shape index (κ1) is 21.3. The van der Waals surface area contributed by atoms with Crippen molar-refractivity contribution in [2.75, 3.05) is 32.1 Å². The number of carbonyl (C=O) groups excluding carboxylic acids is 2. The number of sulfonamides is 1. The van der Waals surface area contributed by atoms with Crippen molar-refractivity contribution in [3.63, 3.8) is 0 Å². The maximum atomic E-state index is 12.5. The van der Waals surface area contributed by atoms with Gasteiger partial charge in [-0.3, -0.25) is 9.59 Å². The first-order chi connectivity index (χ1) is 13.9. The monoisotopic (exact) mass is 438 g/mol. The minimum absolute atomic E-state index is 0.243. The molecule has 0 aliphatic carbocycles. The molecule has 8 nitrogen and oxygen atoms in total. The van der Waals surface area contributed by atoms with E-state index in [-0.39, 0.29) is 13.1 Å². The Morgan fingerprint density at radius 3 is 2.55 bits per heavy atom. The number of amides is 1. The molecular formula is C19H22N2O6S2. The van der Waals surface area contributed by atoms with Crippen LogP contribution in [0.1, 0.15) is 12.8 Å². The highest BCUT2D eigenvalue weighted by Gasteiger charge is 2.33. The smallest absolute Gasteiger partial charge is 0.309 e. The van der Waals surface area contributed by atoms with Gasteiger partial charge in [-0.25, -0.2) is 8.42 Å². The second-order valence-electron chi connectivity index (χ2n) is 6.47. The summed E-state index contributed by atoms with van der Waals surface area (Å²) in [5.74, 6) is -0.885.